The summed E-state index contributed by atoms with van der Waals surface area (Å²) in [6.45, 7) is 0. The van der Waals surface area contributed by atoms with E-state index in [-0.39, 0.29) is 11.7 Å². The van der Waals surface area contributed by atoms with E-state index < -0.39 is 0 Å². The van der Waals surface area contributed by atoms with Gasteiger partial charge in [-0.15, -0.1) is 0 Å². The molecule has 2 aromatic rings. The molecule has 1 amide bonds. The van der Waals surface area contributed by atoms with Crippen molar-refractivity contribution in [2.24, 2.45) is 0 Å². The van der Waals surface area contributed by atoms with Gasteiger partial charge in [0, 0.05) is 29.4 Å². The zero-order chi connectivity index (χ0) is 13.8. The zero-order valence-corrected chi connectivity index (χ0v) is 11.0. The number of phenols is 1. The summed E-state index contributed by atoms with van der Waals surface area (Å²) in [4.78, 5) is 12.0. The molecule has 0 aromatic heterocycles. The van der Waals surface area contributed by atoms with E-state index in [1.54, 1.807) is 43.4 Å². The van der Waals surface area contributed by atoms with Crippen LogP contribution in [0.5, 0.6) is 5.75 Å². The van der Waals surface area contributed by atoms with Crippen LogP contribution in [-0.2, 0) is 0 Å². The minimum atomic E-state index is -0.302. The van der Waals surface area contributed by atoms with E-state index >= 15 is 0 Å². The van der Waals surface area contributed by atoms with Crippen molar-refractivity contribution in [3.63, 3.8) is 0 Å². The van der Waals surface area contributed by atoms with Crippen LogP contribution in [-0.4, -0.2) is 18.1 Å². The smallest absolute Gasteiger partial charge is 0.255 e. The molecule has 0 aliphatic rings. The Kier molecular flexibility index (Phi) is 3.92. The first-order valence-corrected chi connectivity index (χ1v) is 6.05. The number of hydrogen-bond acceptors (Lipinski definition) is 3. The molecule has 0 heterocycles. The van der Waals surface area contributed by atoms with Gasteiger partial charge in [-0.1, -0.05) is 11.6 Å². The molecule has 0 aliphatic carbocycles. The van der Waals surface area contributed by atoms with Crippen molar-refractivity contribution in [2.45, 2.75) is 0 Å². The lowest BCUT2D eigenvalue weighted by Crippen LogP contribution is -2.11. The van der Waals surface area contributed by atoms with E-state index in [0.29, 0.717) is 16.3 Å². The van der Waals surface area contributed by atoms with E-state index in [1.165, 1.54) is 6.07 Å². The Morgan fingerprint density at radius 1 is 1.16 bits per heavy atom. The largest absolute Gasteiger partial charge is 0.506 e. The molecule has 5 heteroatoms. The number of benzene rings is 2. The molecule has 98 valence electrons. The summed E-state index contributed by atoms with van der Waals surface area (Å²) in [6.07, 6.45) is 0. The topological polar surface area (TPSA) is 61.4 Å². The predicted molar refractivity (Wildman–Crippen MR) is 77.1 cm³/mol. The number of halogens is 1. The molecule has 2 aromatic carbocycles. The zero-order valence-electron chi connectivity index (χ0n) is 10.3. The number of nitrogens with one attached hydrogen (secondary N) is 2. The average Bonchev–Trinajstić information content (AvgIpc) is 2.41. The third-order valence-electron chi connectivity index (χ3n) is 2.64. The lowest BCUT2D eigenvalue weighted by molar-refractivity contribution is 0.102. The van der Waals surface area contributed by atoms with Crippen molar-refractivity contribution in [1.82, 2.24) is 0 Å². The van der Waals surface area contributed by atoms with Crippen molar-refractivity contribution in [1.29, 1.82) is 0 Å². The number of carbonyl (C=O) groups excluding carboxylic acids is 1. The highest BCUT2D eigenvalue weighted by atomic mass is 35.5. The average molecular weight is 277 g/mol. The Balaban J connectivity index is 2.17. The Labute approximate surface area is 116 Å². The van der Waals surface area contributed by atoms with Crippen LogP contribution in [0.25, 0.3) is 0 Å². The fourth-order valence-electron chi connectivity index (χ4n) is 1.59. The molecule has 0 bridgehead atoms. The minimum absolute atomic E-state index is 0.00848. The monoisotopic (exact) mass is 276 g/mol. The summed E-state index contributed by atoms with van der Waals surface area (Å²) in [5, 5.41) is 15.9. The highest BCUT2D eigenvalue weighted by Gasteiger charge is 2.09. The molecule has 3 N–H and O–H groups in total. The molecule has 2 rings (SSSR count). The third-order valence-corrected chi connectivity index (χ3v) is 2.89. The Hall–Kier alpha value is -2.20. The van der Waals surface area contributed by atoms with Crippen LogP contribution in [0.1, 0.15) is 10.4 Å². The highest BCUT2D eigenvalue weighted by molar-refractivity contribution is 6.30. The van der Waals surface area contributed by atoms with E-state index in [4.69, 9.17) is 11.6 Å². The highest BCUT2D eigenvalue weighted by Crippen LogP contribution is 2.27. The minimum Gasteiger partial charge on any atom is -0.506 e. The molecule has 0 spiro atoms. The lowest BCUT2D eigenvalue weighted by Gasteiger charge is -2.09. The third kappa shape index (κ3) is 3.17. The quantitative estimate of drug-likeness (QED) is 0.754. The summed E-state index contributed by atoms with van der Waals surface area (Å²) < 4.78 is 0. The van der Waals surface area contributed by atoms with Crippen molar-refractivity contribution in [3.8, 4) is 5.75 Å². The van der Waals surface area contributed by atoms with Gasteiger partial charge in [0.15, 0.2) is 0 Å². The number of amides is 1. The molecule has 0 saturated carbocycles. The number of phenolic OH excluding ortho intramolecular Hbond substituents is 1. The molecule has 0 aliphatic heterocycles. The van der Waals surface area contributed by atoms with Gasteiger partial charge >= 0.3 is 0 Å². The predicted octanol–water partition coefficient (Wildman–Crippen LogP) is 3.34. The van der Waals surface area contributed by atoms with Gasteiger partial charge in [-0.3, -0.25) is 4.79 Å². The van der Waals surface area contributed by atoms with E-state index in [2.05, 4.69) is 10.6 Å². The van der Waals surface area contributed by atoms with Crippen molar-refractivity contribution < 1.29 is 9.90 Å². The van der Waals surface area contributed by atoms with Gasteiger partial charge in [0.1, 0.15) is 5.75 Å². The van der Waals surface area contributed by atoms with Crippen LogP contribution >= 0.6 is 11.6 Å². The maximum Gasteiger partial charge on any atom is 0.255 e. The van der Waals surface area contributed by atoms with Crippen molar-refractivity contribution in [3.05, 3.63) is 53.1 Å². The standard InChI is InChI=1S/C14H13ClN2O2/c1-16-11-6-7-12(13(18)8-11)17-14(19)9-2-4-10(15)5-3-9/h2-8,16,18H,1H3,(H,17,19). The lowest BCUT2D eigenvalue weighted by atomic mass is 10.2. The van der Waals surface area contributed by atoms with Crippen LogP contribution in [0.2, 0.25) is 5.02 Å². The number of aromatic hydroxyl groups is 1. The van der Waals surface area contributed by atoms with Gasteiger partial charge in [-0.2, -0.15) is 0 Å². The molecule has 0 radical (unpaired) electrons. The SMILES string of the molecule is CNc1ccc(NC(=O)c2ccc(Cl)cc2)c(O)c1. The molecule has 0 atom stereocenters. The van der Waals surface area contributed by atoms with Gasteiger partial charge in [-0.05, 0) is 36.4 Å². The number of carbonyl (C=O) groups is 1. The maximum atomic E-state index is 12.0. The number of hydrogen-bond donors (Lipinski definition) is 3. The summed E-state index contributed by atoms with van der Waals surface area (Å²) in [7, 11) is 1.75. The molecule has 0 unspecified atom stereocenters. The van der Waals surface area contributed by atoms with Crippen molar-refractivity contribution >= 4 is 28.9 Å². The van der Waals surface area contributed by atoms with Gasteiger partial charge in [0.05, 0.1) is 5.69 Å². The van der Waals surface area contributed by atoms with E-state index in [1.807, 2.05) is 0 Å². The van der Waals surface area contributed by atoms with E-state index in [9.17, 15) is 9.90 Å². The Bertz CT molecular complexity index is 597. The first-order valence-electron chi connectivity index (χ1n) is 5.68. The summed E-state index contributed by atoms with van der Waals surface area (Å²) in [5.74, 6) is -0.293. The van der Waals surface area contributed by atoms with Crippen LogP contribution in [0.4, 0.5) is 11.4 Å². The van der Waals surface area contributed by atoms with Gasteiger partial charge in [0.25, 0.3) is 5.91 Å². The van der Waals surface area contributed by atoms with Crippen molar-refractivity contribution in [2.75, 3.05) is 17.7 Å². The Morgan fingerprint density at radius 2 is 1.84 bits per heavy atom. The molecule has 4 nitrogen and oxygen atoms in total. The fourth-order valence-corrected chi connectivity index (χ4v) is 1.71. The van der Waals surface area contributed by atoms with Gasteiger partial charge < -0.3 is 15.7 Å². The molecular formula is C14H13ClN2O2. The van der Waals surface area contributed by atoms with Crippen LogP contribution in [0.3, 0.4) is 0 Å². The summed E-state index contributed by atoms with van der Waals surface area (Å²) in [5.41, 5.74) is 1.60. The normalized spacial score (nSPS) is 10.0. The first-order chi connectivity index (χ1) is 9.10. The summed E-state index contributed by atoms with van der Waals surface area (Å²) >= 11 is 5.76. The van der Waals surface area contributed by atoms with Crippen LogP contribution < -0.4 is 10.6 Å². The molecule has 0 saturated heterocycles. The maximum absolute atomic E-state index is 12.0. The van der Waals surface area contributed by atoms with Gasteiger partial charge in [-0.25, -0.2) is 0 Å². The number of anilines is 2. The second-order valence-corrected chi connectivity index (χ2v) is 4.38. The molecule has 0 fully saturated rings. The second kappa shape index (κ2) is 5.63. The fraction of sp³-hybridized carbons (Fsp3) is 0.0714. The Morgan fingerprint density at radius 3 is 2.42 bits per heavy atom. The number of rotatable bonds is 3. The molecular weight excluding hydrogens is 264 g/mol. The second-order valence-electron chi connectivity index (χ2n) is 3.94. The molecule has 19 heavy (non-hydrogen) atoms. The van der Waals surface area contributed by atoms with Crippen LogP contribution in [0, 0.1) is 0 Å². The van der Waals surface area contributed by atoms with Crippen LogP contribution in [0.15, 0.2) is 42.5 Å². The van der Waals surface area contributed by atoms with E-state index in [0.717, 1.165) is 5.69 Å². The van der Waals surface area contributed by atoms with Gasteiger partial charge in [0.2, 0.25) is 0 Å². The summed E-state index contributed by atoms with van der Waals surface area (Å²) in [6, 6.07) is 11.5. The first kappa shape index (κ1) is 13.2.